The van der Waals surface area contributed by atoms with Crippen LogP contribution in [0, 0.1) is 29.6 Å². The summed E-state index contributed by atoms with van der Waals surface area (Å²) >= 11 is 0. The van der Waals surface area contributed by atoms with E-state index < -0.39 is 58.3 Å². The molecule has 0 bridgehead atoms. The molecule has 1 amide bonds. The van der Waals surface area contributed by atoms with E-state index in [2.05, 4.69) is 9.97 Å². The molecular weight excluding hydrogens is 514 g/mol. The van der Waals surface area contributed by atoms with Gasteiger partial charge in [-0.25, -0.2) is 9.97 Å². The van der Waals surface area contributed by atoms with E-state index in [4.69, 9.17) is 5.73 Å². The second-order valence-electron chi connectivity index (χ2n) is 11.8. The Kier molecular flexibility index (Phi) is 6.40. The lowest BCUT2D eigenvalue weighted by Crippen LogP contribution is -2.68. The number of carbonyl (C=O) groups excluding carboxylic acids is 5. The number of Topliss-reactive ketones (excluding diaryl/α,β-unsaturated/α-hetero) is 4. The molecule has 1 heterocycles. The van der Waals surface area contributed by atoms with Gasteiger partial charge >= 0.3 is 0 Å². The zero-order chi connectivity index (χ0) is 28.3. The van der Waals surface area contributed by atoms with Crippen molar-refractivity contribution < 1.29 is 34.2 Å². The van der Waals surface area contributed by atoms with Crippen LogP contribution in [-0.4, -0.2) is 54.8 Å². The molecule has 0 saturated heterocycles. The summed E-state index contributed by atoms with van der Waals surface area (Å²) in [7, 11) is 0. The largest absolute Gasteiger partial charge is 0.507 e. The van der Waals surface area contributed by atoms with Crippen molar-refractivity contribution in [3.05, 3.63) is 41.2 Å². The molecule has 2 unspecified atom stereocenters. The van der Waals surface area contributed by atoms with E-state index in [0.717, 1.165) is 25.7 Å². The topological polar surface area (TPSA) is 178 Å². The highest BCUT2D eigenvalue weighted by molar-refractivity contribution is 6.31. The van der Waals surface area contributed by atoms with Crippen molar-refractivity contribution in [3.8, 4) is 17.1 Å². The van der Waals surface area contributed by atoms with Gasteiger partial charge in [-0.1, -0.05) is 32.1 Å². The number of nitrogens with two attached hydrogens (primary N) is 1. The molecule has 2 aromatic rings. The fraction of sp³-hybridized carbons (Fsp3) is 0.500. The summed E-state index contributed by atoms with van der Waals surface area (Å²) in [6.07, 6.45) is 9.01. The molecular formula is C30H31N3O7. The zero-order valence-electron chi connectivity index (χ0n) is 22.0. The molecule has 1 aromatic heterocycles. The summed E-state index contributed by atoms with van der Waals surface area (Å²) in [6.45, 7) is 0. The molecule has 6 rings (SSSR count). The first-order valence-corrected chi connectivity index (χ1v) is 13.9. The number of fused-ring (bicyclic) bond motifs is 3. The van der Waals surface area contributed by atoms with E-state index in [-0.39, 0.29) is 30.6 Å². The van der Waals surface area contributed by atoms with Crippen molar-refractivity contribution in [1.29, 1.82) is 0 Å². The number of hydrogen-bond acceptors (Lipinski definition) is 9. The van der Waals surface area contributed by atoms with E-state index in [0.29, 0.717) is 34.9 Å². The third-order valence-corrected chi connectivity index (χ3v) is 9.52. The average Bonchev–Trinajstić information content (AvgIpc) is 2.93. The van der Waals surface area contributed by atoms with Gasteiger partial charge in [-0.15, -0.1) is 0 Å². The molecule has 3 saturated carbocycles. The molecule has 10 nitrogen and oxygen atoms in total. The minimum Gasteiger partial charge on any atom is -0.507 e. The average molecular weight is 546 g/mol. The molecule has 4 aliphatic carbocycles. The van der Waals surface area contributed by atoms with Crippen LogP contribution in [-0.2, 0) is 32.0 Å². The second-order valence-corrected chi connectivity index (χ2v) is 11.8. The third-order valence-electron chi connectivity index (χ3n) is 9.52. The van der Waals surface area contributed by atoms with Gasteiger partial charge in [0.15, 0.2) is 40.5 Å². The molecule has 10 heteroatoms. The lowest BCUT2D eigenvalue weighted by molar-refractivity contribution is -0.175. The monoisotopic (exact) mass is 545 g/mol. The number of phenolic OH excluding ortho intramolecular Hbond substituents is 1. The van der Waals surface area contributed by atoms with Crippen LogP contribution in [0.1, 0.15) is 66.4 Å². The molecule has 4 aliphatic rings. The van der Waals surface area contributed by atoms with Crippen LogP contribution in [0.5, 0.6) is 5.75 Å². The number of nitrogens with zero attached hydrogens (tertiary/aromatic N) is 2. The Bertz CT molecular complexity index is 1450. The van der Waals surface area contributed by atoms with Crippen LogP contribution in [0.25, 0.3) is 11.4 Å². The molecule has 0 radical (unpaired) electrons. The molecule has 3 fully saturated rings. The zero-order valence-corrected chi connectivity index (χ0v) is 22.0. The minimum absolute atomic E-state index is 0.00167. The van der Waals surface area contributed by atoms with Gasteiger partial charge in [0.1, 0.15) is 5.75 Å². The first kappa shape index (κ1) is 26.4. The standard InChI is InChI=1S/C30H31N3O7/c31-28(39)23-20(34)13-17-10-15-11-18-19(29-32-7-4-8-33-29)12-16(9-14-5-2-1-3-6-14)24(35)22(18)25(36)21(15)26(37)30(17,40)27(23)38/h4,7-8,12,14-15,17,21,23,35,40H,1-3,5-6,9-11,13H2,(H2,31,39)/t15-,17+,21?,23?,30+/m1/s1. The quantitative estimate of drug-likeness (QED) is 0.484. The highest BCUT2D eigenvalue weighted by Crippen LogP contribution is 2.51. The lowest BCUT2D eigenvalue weighted by atomic mass is 9.53. The minimum atomic E-state index is -2.66. The van der Waals surface area contributed by atoms with Gasteiger partial charge in [-0.3, -0.25) is 24.0 Å². The van der Waals surface area contributed by atoms with Crippen LogP contribution < -0.4 is 5.73 Å². The Balaban J connectivity index is 1.46. The fourth-order valence-electron chi connectivity index (χ4n) is 7.59. The Morgan fingerprint density at radius 2 is 1.73 bits per heavy atom. The Labute approximate surface area is 230 Å². The Morgan fingerprint density at radius 3 is 2.40 bits per heavy atom. The van der Waals surface area contributed by atoms with E-state index in [1.807, 2.05) is 6.07 Å². The molecule has 0 aliphatic heterocycles. The lowest BCUT2D eigenvalue weighted by Gasteiger charge is -2.48. The van der Waals surface area contributed by atoms with Crippen LogP contribution in [0.3, 0.4) is 0 Å². The van der Waals surface area contributed by atoms with Crippen molar-refractivity contribution in [3.63, 3.8) is 0 Å². The van der Waals surface area contributed by atoms with Gasteiger partial charge in [-0.05, 0) is 54.4 Å². The van der Waals surface area contributed by atoms with Gasteiger partial charge in [0.2, 0.25) is 5.91 Å². The summed E-state index contributed by atoms with van der Waals surface area (Å²) in [5, 5.41) is 22.9. The van der Waals surface area contributed by atoms with E-state index in [1.54, 1.807) is 18.5 Å². The summed E-state index contributed by atoms with van der Waals surface area (Å²) in [6, 6.07) is 3.52. The van der Waals surface area contributed by atoms with Gasteiger partial charge in [-0.2, -0.15) is 0 Å². The maximum Gasteiger partial charge on any atom is 0.235 e. The molecule has 0 spiro atoms. The number of aliphatic hydroxyl groups is 1. The Morgan fingerprint density at radius 1 is 1.02 bits per heavy atom. The van der Waals surface area contributed by atoms with Crippen LogP contribution in [0.4, 0.5) is 0 Å². The van der Waals surface area contributed by atoms with E-state index in [1.165, 1.54) is 6.42 Å². The number of carbonyl (C=O) groups is 5. The summed E-state index contributed by atoms with van der Waals surface area (Å²) in [5.74, 6) is -9.38. The number of aromatic hydroxyl groups is 1. The highest BCUT2D eigenvalue weighted by atomic mass is 16.3. The maximum absolute atomic E-state index is 14.1. The van der Waals surface area contributed by atoms with E-state index >= 15 is 0 Å². The van der Waals surface area contributed by atoms with Crippen LogP contribution in [0.2, 0.25) is 0 Å². The van der Waals surface area contributed by atoms with Crippen LogP contribution >= 0.6 is 0 Å². The number of hydrogen-bond donors (Lipinski definition) is 3. The predicted octanol–water partition coefficient (Wildman–Crippen LogP) is 1.91. The smallest absolute Gasteiger partial charge is 0.235 e. The molecule has 208 valence electrons. The van der Waals surface area contributed by atoms with Gasteiger partial charge in [0.25, 0.3) is 0 Å². The molecule has 40 heavy (non-hydrogen) atoms. The molecule has 5 atom stereocenters. The summed E-state index contributed by atoms with van der Waals surface area (Å²) in [5.41, 5.74) is 4.30. The summed E-state index contributed by atoms with van der Waals surface area (Å²) < 4.78 is 0. The second kappa shape index (κ2) is 9.69. The molecule has 4 N–H and O–H groups in total. The first-order chi connectivity index (χ1) is 19.1. The number of aromatic nitrogens is 2. The van der Waals surface area contributed by atoms with E-state index in [9.17, 15) is 34.2 Å². The first-order valence-electron chi connectivity index (χ1n) is 13.9. The summed E-state index contributed by atoms with van der Waals surface area (Å²) in [4.78, 5) is 74.4. The van der Waals surface area contributed by atoms with Crippen molar-refractivity contribution >= 4 is 29.0 Å². The van der Waals surface area contributed by atoms with Crippen molar-refractivity contribution in [1.82, 2.24) is 9.97 Å². The number of rotatable bonds is 4. The van der Waals surface area contributed by atoms with Crippen molar-refractivity contribution in [2.24, 2.45) is 35.3 Å². The highest BCUT2D eigenvalue weighted by Gasteiger charge is 2.66. The SMILES string of the molecule is NC(=O)C1C(=O)C[C@@H]2C[C@@H]3Cc4c(-c5ncccn5)cc(CC5CCCCC5)c(O)c4C(=O)C3C(=O)[C@]2(O)C1=O. The molecule has 1 aromatic carbocycles. The maximum atomic E-state index is 14.1. The van der Waals surface area contributed by atoms with Gasteiger partial charge in [0, 0.05) is 30.3 Å². The van der Waals surface area contributed by atoms with Crippen molar-refractivity contribution in [2.45, 2.75) is 63.4 Å². The number of phenols is 1. The fourth-order valence-corrected chi connectivity index (χ4v) is 7.59. The number of primary amides is 1. The number of amides is 1. The van der Waals surface area contributed by atoms with Crippen molar-refractivity contribution in [2.75, 3.05) is 0 Å². The third kappa shape index (κ3) is 3.91. The van der Waals surface area contributed by atoms with Gasteiger partial charge in [0.05, 0.1) is 11.5 Å². The number of benzene rings is 1. The predicted molar refractivity (Wildman–Crippen MR) is 140 cm³/mol. The normalized spacial score (nSPS) is 30.4. The van der Waals surface area contributed by atoms with Gasteiger partial charge < -0.3 is 15.9 Å². The van der Waals surface area contributed by atoms with Crippen LogP contribution in [0.15, 0.2) is 24.5 Å². The Hall–Kier alpha value is -3.79. The number of ketones is 4.